The lowest BCUT2D eigenvalue weighted by molar-refractivity contribution is -0.125. The third-order valence-corrected chi connectivity index (χ3v) is 3.06. The highest BCUT2D eigenvalue weighted by atomic mass is 16.2. The quantitative estimate of drug-likeness (QED) is 0.712. The van der Waals surface area contributed by atoms with Gasteiger partial charge in [-0.1, -0.05) is 13.8 Å². The minimum Gasteiger partial charge on any atom is -0.353 e. The second kappa shape index (κ2) is 7.85. The second-order valence-electron chi connectivity index (χ2n) is 5.91. The number of nitriles is 1. The predicted octanol–water partition coefficient (Wildman–Crippen LogP) is 0.497. The Labute approximate surface area is 121 Å². The fraction of sp³-hybridized carbons (Fsp3) is 0.786. The fourth-order valence-corrected chi connectivity index (χ4v) is 1.54. The van der Waals surface area contributed by atoms with E-state index >= 15 is 0 Å². The van der Waals surface area contributed by atoms with Gasteiger partial charge in [0.25, 0.3) is 0 Å². The number of nitrogens with one attached hydrogen (secondary N) is 2. The Morgan fingerprint density at radius 2 is 1.70 bits per heavy atom. The van der Waals surface area contributed by atoms with Gasteiger partial charge in [0.2, 0.25) is 11.8 Å². The number of carbonyl (C=O) groups excluding carboxylic acids is 2. The van der Waals surface area contributed by atoms with Gasteiger partial charge in [0, 0.05) is 6.04 Å². The van der Waals surface area contributed by atoms with Crippen LogP contribution in [0.3, 0.4) is 0 Å². The van der Waals surface area contributed by atoms with Crippen LogP contribution >= 0.6 is 0 Å². The smallest absolute Gasteiger partial charge is 0.235 e. The molecule has 0 aromatic carbocycles. The Bertz CT molecular complexity index is 387. The zero-order chi connectivity index (χ0) is 15.9. The largest absolute Gasteiger partial charge is 0.353 e. The first kappa shape index (κ1) is 18.4. The van der Waals surface area contributed by atoms with E-state index in [0.29, 0.717) is 0 Å². The normalized spacial score (nSPS) is 14.0. The van der Waals surface area contributed by atoms with Gasteiger partial charge in [0.1, 0.15) is 5.54 Å². The molecule has 0 fully saturated rings. The Morgan fingerprint density at radius 3 is 2.10 bits per heavy atom. The van der Waals surface area contributed by atoms with Crippen LogP contribution in [0.1, 0.15) is 34.6 Å². The molecule has 20 heavy (non-hydrogen) atoms. The molecule has 0 aliphatic rings. The summed E-state index contributed by atoms with van der Waals surface area (Å²) in [6.45, 7) is 9.44. The van der Waals surface area contributed by atoms with Gasteiger partial charge in [-0.25, -0.2) is 0 Å². The minimum atomic E-state index is -0.891. The minimum absolute atomic E-state index is 0.00555. The summed E-state index contributed by atoms with van der Waals surface area (Å²) in [5.41, 5.74) is -0.891. The highest BCUT2D eigenvalue weighted by molar-refractivity contribution is 5.81. The summed E-state index contributed by atoms with van der Waals surface area (Å²) in [5.74, 6) is -0.379. The van der Waals surface area contributed by atoms with Crippen molar-refractivity contribution in [2.45, 2.75) is 46.2 Å². The molecule has 0 aromatic rings. The molecule has 0 saturated heterocycles. The van der Waals surface area contributed by atoms with Crippen LogP contribution in [-0.4, -0.2) is 48.4 Å². The Kier molecular flexibility index (Phi) is 7.22. The van der Waals surface area contributed by atoms with Gasteiger partial charge in [-0.2, -0.15) is 5.26 Å². The van der Waals surface area contributed by atoms with Crippen molar-refractivity contribution in [1.29, 1.82) is 5.26 Å². The molecule has 0 aliphatic heterocycles. The summed E-state index contributed by atoms with van der Waals surface area (Å²) in [6, 6.07) is 2.20. The van der Waals surface area contributed by atoms with Crippen LogP contribution in [0.2, 0.25) is 0 Å². The van der Waals surface area contributed by atoms with E-state index in [1.807, 2.05) is 27.7 Å². The third-order valence-electron chi connectivity index (χ3n) is 3.06. The maximum atomic E-state index is 11.9. The number of hydrogen-bond donors (Lipinski definition) is 2. The van der Waals surface area contributed by atoms with Crippen molar-refractivity contribution in [3.05, 3.63) is 0 Å². The highest BCUT2D eigenvalue weighted by Gasteiger charge is 2.30. The van der Waals surface area contributed by atoms with Crippen molar-refractivity contribution < 1.29 is 9.59 Å². The predicted molar refractivity (Wildman–Crippen MR) is 77.8 cm³/mol. The van der Waals surface area contributed by atoms with Gasteiger partial charge in [0.15, 0.2) is 0 Å². The number of nitrogens with zero attached hydrogens (tertiary/aromatic N) is 2. The monoisotopic (exact) mass is 282 g/mol. The molecule has 0 unspecified atom stereocenters. The van der Waals surface area contributed by atoms with Crippen molar-refractivity contribution in [1.82, 2.24) is 15.5 Å². The molecule has 1 atom stereocenters. The molecule has 0 spiro atoms. The summed E-state index contributed by atoms with van der Waals surface area (Å²) < 4.78 is 0. The van der Waals surface area contributed by atoms with E-state index in [1.165, 1.54) is 0 Å². The van der Waals surface area contributed by atoms with E-state index in [0.717, 1.165) is 0 Å². The maximum Gasteiger partial charge on any atom is 0.235 e. The average molecular weight is 282 g/mol. The van der Waals surface area contributed by atoms with Gasteiger partial charge >= 0.3 is 0 Å². The van der Waals surface area contributed by atoms with E-state index in [1.54, 1.807) is 18.9 Å². The molecule has 0 bridgehead atoms. The molecule has 6 heteroatoms. The Hall–Kier alpha value is -1.61. The van der Waals surface area contributed by atoms with Crippen molar-refractivity contribution in [2.75, 3.05) is 20.1 Å². The van der Waals surface area contributed by atoms with E-state index in [4.69, 9.17) is 5.26 Å². The van der Waals surface area contributed by atoms with Crippen LogP contribution in [0.5, 0.6) is 0 Å². The second-order valence-corrected chi connectivity index (χ2v) is 5.91. The summed E-state index contributed by atoms with van der Waals surface area (Å²) in [5, 5.41) is 14.6. The van der Waals surface area contributed by atoms with E-state index in [2.05, 4.69) is 16.7 Å². The fourth-order valence-electron chi connectivity index (χ4n) is 1.54. The van der Waals surface area contributed by atoms with Gasteiger partial charge in [0.05, 0.1) is 19.2 Å². The first-order valence-corrected chi connectivity index (χ1v) is 6.81. The van der Waals surface area contributed by atoms with E-state index in [9.17, 15) is 9.59 Å². The SMILES string of the molecule is CC(C)NC(=O)CN(C)CC(=O)N[C@](C)(C#N)C(C)C. The molecule has 0 radical (unpaired) electrons. The Morgan fingerprint density at radius 1 is 1.20 bits per heavy atom. The van der Waals surface area contributed by atoms with Crippen molar-refractivity contribution in [3.8, 4) is 6.07 Å². The van der Waals surface area contributed by atoms with E-state index in [-0.39, 0.29) is 36.9 Å². The van der Waals surface area contributed by atoms with Gasteiger partial charge in [-0.3, -0.25) is 14.5 Å². The van der Waals surface area contributed by atoms with Crippen LogP contribution in [0.25, 0.3) is 0 Å². The van der Waals surface area contributed by atoms with Crippen molar-refractivity contribution in [2.24, 2.45) is 5.92 Å². The summed E-state index contributed by atoms with van der Waals surface area (Å²) in [4.78, 5) is 25.1. The number of carbonyl (C=O) groups is 2. The lowest BCUT2D eigenvalue weighted by Gasteiger charge is -2.28. The van der Waals surface area contributed by atoms with Gasteiger partial charge < -0.3 is 10.6 Å². The summed E-state index contributed by atoms with van der Waals surface area (Å²) in [7, 11) is 1.69. The zero-order valence-corrected chi connectivity index (χ0v) is 13.3. The third kappa shape index (κ3) is 6.53. The van der Waals surface area contributed by atoms with E-state index < -0.39 is 5.54 Å². The average Bonchev–Trinajstić information content (AvgIpc) is 2.26. The summed E-state index contributed by atoms with van der Waals surface area (Å²) >= 11 is 0. The zero-order valence-electron chi connectivity index (χ0n) is 13.3. The topological polar surface area (TPSA) is 85.2 Å². The molecule has 2 N–H and O–H groups in total. The van der Waals surface area contributed by atoms with Gasteiger partial charge in [-0.05, 0) is 33.7 Å². The summed E-state index contributed by atoms with van der Waals surface area (Å²) in [6.07, 6.45) is 0. The van der Waals surface area contributed by atoms with Crippen molar-refractivity contribution in [3.63, 3.8) is 0 Å². The van der Waals surface area contributed by atoms with Crippen LogP contribution in [-0.2, 0) is 9.59 Å². The first-order chi connectivity index (χ1) is 9.10. The van der Waals surface area contributed by atoms with Crippen molar-refractivity contribution >= 4 is 11.8 Å². The Balaban J connectivity index is 4.34. The molecule has 0 aliphatic carbocycles. The number of rotatable bonds is 7. The molecule has 0 aromatic heterocycles. The molecule has 6 nitrogen and oxygen atoms in total. The molecular formula is C14H26N4O2. The van der Waals surface area contributed by atoms with Crippen LogP contribution in [0.4, 0.5) is 0 Å². The molecule has 0 rings (SSSR count). The van der Waals surface area contributed by atoms with Gasteiger partial charge in [-0.15, -0.1) is 0 Å². The van der Waals surface area contributed by atoms with Crippen LogP contribution in [0, 0.1) is 17.2 Å². The number of likely N-dealkylation sites (N-methyl/N-ethyl adjacent to an activating group) is 1. The molecule has 0 saturated carbocycles. The lowest BCUT2D eigenvalue weighted by atomic mass is 9.90. The molecule has 2 amide bonds. The molecule has 114 valence electrons. The standard InChI is InChI=1S/C14H26N4O2/c1-10(2)14(5,9-15)17-13(20)8-18(6)7-12(19)16-11(3)4/h10-11H,7-8H2,1-6H3,(H,16,19)(H,17,20)/t14-/m1/s1. The molecular weight excluding hydrogens is 256 g/mol. The number of hydrogen-bond acceptors (Lipinski definition) is 4. The first-order valence-electron chi connectivity index (χ1n) is 6.81. The lowest BCUT2D eigenvalue weighted by Crippen LogP contribution is -2.52. The number of amides is 2. The van der Waals surface area contributed by atoms with Crippen LogP contribution < -0.4 is 10.6 Å². The maximum absolute atomic E-state index is 11.9. The highest BCUT2D eigenvalue weighted by Crippen LogP contribution is 2.14. The molecule has 0 heterocycles. The van der Waals surface area contributed by atoms with Crippen LogP contribution in [0.15, 0.2) is 0 Å².